The predicted molar refractivity (Wildman–Crippen MR) is 79.6 cm³/mol. The molecule has 1 aliphatic carbocycles. The Bertz CT molecular complexity index is 346. The molecule has 4 atom stereocenters. The highest BCUT2D eigenvalue weighted by Crippen LogP contribution is 2.45. The molecular formula is C17H29NO2. The minimum atomic E-state index is -0.609. The van der Waals surface area contributed by atoms with Crippen LogP contribution in [0.5, 0.6) is 0 Å². The van der Waals surface area contributed by atoms with Crippen molar-refractivity contribution in [2.75, 3.05) is 0 Å². The zero-order chi connectivity index (χ0) is 14.3. The molecule has 3 heteroatoms. The standard InChI is InChI=1S/C17H29NO2/c1-11-4-3-5-12(2)17(11)18-14-6-7-15(18)9-13(8-14)10-16(19)20/h11-15,17H,3-10H2,1-2H3,(H,19,20). The molecule has 2 saturated heterocycles. The number of hydrogen-bond donors (Lipinski definition) is 1. The monoisotopic (exact) mass is 279 g/mol. The Morgan fingerprint density at radius 1 is 1.05 bits per heavy atom. The molecule has 114 valence electrons. The van der Waals surface area contributed by atoms with Gasteiger partial charge in [-0.2, -0.15) is 0 Å². The van der Waals surface area contributed by atoms with E-state index in [2.05, 4.69) is 18.7 Å². The molecule has 0 aromatic carbocycles. The van der Waals surface area contributed by atoms with Crippen LogP contribution in [-0.4, -0.2) is 34.1 Å². The first kappa shape index (κ1) is 14.4. The molecular weight excluding hydrogens is 250 g/mol. The number of carboxylic acid groups (broad SMARTS) is 1. The zero-order valence-electron chi connectivity index (χ0n) is 12.9. The van der Waals surface area contributed by atoms with Gasteiger partial charge in [-0.15, -0.1) is 0 Å². The molecule has 20 heavy (non-hydrogen) atoms. The molecule has 0 spiro atoms. The summed E-state index contributed by atoms with van der Waals surface area (Å²) >= 11 is 0. The van der Waals surface area contributed by atoms with Crippen molar-refractivity contribution < 1.29 is 9.90 Å². The SMILES string of the molecule is CC1CCCC(C)C1N1C2CCC1CC(CC(=O)O)C2. The fourth-order valence-electron chi connectivity index (χ4n) is 5.48. The largest absolute Gasteiger partial charge is 0.481 e. The van der Waals surface area contributed by atoms with Gasteiger partial charge in [-0.1, -0.05) is 20.3 Å². The maximum absolute atomic E-state index is 11.0. The number of rotatable bonds is 3. The van der Waals surface area contributed by atoms with Gasteiger partial charge >= 0.3 is 5.97 Å². The Hall–Kier alpha value is -0.570. The first-order valence-corrected chi connectivity index (χ1v) is 8.55. The summed E-state index contributed by atoms with van der Waals surface area (Å²) in [6.07, 6.45) is 9.39. The molecule has 0 aromatic rings. The number of nitrogens with zero attached hydrogens (tertiary/aromatic N) is 1. The van der Waals surface area contributed by atoms with Gasteiger partial charge in [0, 0.05) is 24.5 Å². The van der Waals surface area contributed by atoms with Gasteiger partial charge in [0.15, 0.2) is 0 Å². The van der Waals surface area contributed by atoms with Crippen molar-refractivity contribution in [3.8, 4) is 0 Å². The molecule has 1 saturated carbocycles. The van der Waals surface area contributed by atoms with E-state index >= 15 is 0 Å². The van der Waals surface area contributed by atoms with Crippen LogP contribution in [-0.2, 0) is 4.79 Å². The van der Waals surface area contributed by atoms with Crippen LogP contribution in [0.4, 0.5) is 0 Å². The van der Waals surface area contributed by atoms with Crippen LogP contribution in [0.3, 0.4) is 0 Å². The summed E-state index contributed by atoms with van der Waals surface area (Å²) in [5, 5.41) is 9.04. The zero-order valence-corrected chi connectivity index (χ0v) is 12.9. The third kappa shape index (κ3) is 2.61. The van der Waals surface area contributed by atoms with Crippen LogP contribution in [0.1, 0.15) is 65.2 Å². The lowest BCUT2D eigenvalue weighted by molar-refractivity contribution is -0.139. The summed E-state index contributed by atoms with van der Waals surface area (Å²) in [7, 11) is 0. The number of carbonyl (C=O) groups is 1. The van der Waals surface area contributed by atoms with E-state index in [1.165, 1.54) is 32.1 Å². The Labute approximate surface area is 122 Å². The number of fused-ring (bicyclic) bond motifs is 2. The van der Waals surface area contributed by atoms with Crippen molar-refractivity contribution in [2.45, 2.75) is 83.3 Å². The Morgan fingerprint density at radius 2 is 1.60 bits per heavy atom. The van der Waals surface area contributed by atoms with E-state index in [9.17, 15) is 4.79 Å². The van der Waals surface area contributed by atoms with Crippen molar-refractivity contribution in [1.82, 2.24) is 4.90 Å². The van der Waals surface area contributed by atoms with Gasteiger partial charge in [0.05, 0.1) is 0 Å². The van der Waals surface area contributed by atoms with E-state index in [0.717, 1.165) is 30.7 Å². The Kier molecular flexibility index (Phi) is 4.07. The van der Waals surface area contributed by atoms with E-state index in [0.29, 0.717) is 24.4 Å². The number of aliphatic carboxylic acids is 1. The molecule has 3 nitrogen and oxygen atoms in total. The molecule has 0 aromatic heterocycles. The summed E-state index contributed by atoms with van der Waals surface area (Å²) in [6, 6.07) is 2.10. The Balaban J connectivity index is 1.71. The molecule has 2 heterocycles. The van der Waals surface area contributed by atoms with Crippen LogP contribution in [0, 0.1) is 17.8 Å². The van der Waals surface area contributed by atoms with Crippen molar-refractivity contribution in [3.63, 3.8) is 0 Å². The minimum Gasteiger partial charge on any atom is -0.481 e. The molecule has 2 bridgehead atoms. The molecule has 1 N–H and O–H groups in total. The second-order valence-corrected chi connectivity index (χ2v) is 7.64. The highest BCUT2D eigenvalue weighted by Gasteiger charge is 2.47. The summed E-state index contributed by atoms with van der Waals surface area (Å²) in [5.74, 6) is 1.45. The van der Waals surface area contributed by atoms with Crippen LogP contribution < -0.4 is 0 Å². The van der Waals surface area contributed by atoms with Crippen LogP contribution >= 0.6 is 0 Å². The van der Waals surface area contributed by atoms with Crippen LogP contribution in [0.25, 0.3) is 0 Å². The third-order valence-electron chi connectivity index (χ3n) is 6.18. The van der Waals surface area contributed by atoms with E-state index in [1.54, 1.807) is 0 Å². The first-order valence-electron chi connectivity index (χ1n) is 8.55. The quantitative estimate of drug-likeness (QED) is 0.859. The van der Waals surface area contributed by atoms with Gasteiger partial charge in [-0.25, -0.2) is 0 Å². The Morgan fingerprint density at radius 3 is 2.10 bits per heavy atom. The lowest BCUT2D eigenvalue weighted by atomic mass is 9.75. The molecule has 4 unspecified atom stereocenters. The molecule has 2 aliphatic heterocycles. The fraction of sp³-hybridized carbons (Fsp3) is 0.941. The van der Waals surface area contributed by atoms with Gasteiger partial charge in [0.25, 0.3) is 0 Å². The average molecular weight is 279 g/mol. The topological polar surface area (TPSA) is 40.5 Å². The lowest BCUT2D eigenvalue weighted by Gasteiger charge is -2.49. The predicted octanol–water partition coefficient (Wildman–Crippen LogP) is 3.53. The molecule has 0 amide bonds. The van der Waals surface area contributed by atoms with Crippen molar-refractivity contribution in [1.29, 1.82) is 0 Å². The molecule has 3 fully saturated rings. The van der Waals surface area contributed by atoms with E-state index in [1.807, 2.05) is 0 Å². The van der Waals surface area contributed by atoms with Crippen LogP contribution in [0.2, 0.25) is 0 Å². The van der Waals surface area contributed by atoms with Gasteiger partial charge in [0.2, 0.25) is 0 Å². The maximum atomic E-state index is 11.0. The van der Waals surface area contributed by atoms with E-state index < -0.39 is 5.97 Å². The van der Waals surface area contributed by atoms with E-state index in [4.69, 9.17) is 5.11 Å². The van der Waals surface area contributed by atoms with Crippen LogP contribution in [0.15, 0.2) is 0 Å². The van der Waals surface area contributed by atoms with Crippen molar-refractivity contribution in [2.24, 2.45) is 17.8 Å². The summed E-state index contributed by atoms with van der Waals surface area (Å²) in [5.41, 5.74) is 0. The van der Waals surface area contributed by atoms with Gasteiger partial charge in [0.1, 0.15) is 0 Å². The average Bonchev–Trinajstić information content (AvgIpc) is 2.62. The maximum Gasteiger partial charge on any atom is 0.303 e. The second kappa shape index (κ2) is 5.67. The van der Waals surface area contributed by atoms with Crippen molar-refractivity contribution >= 4 is 5.97 Å². The summed E-state index contributed by atoms with van der Waals surface area (Å²) in [4.78, 5) is 13.8. The second-order valence-electron chi connectivity index (χ2n) is 7.64. The fourth-order valence-corrected chi connectivity index (χ4v) is 5.48. The molecule has 0 radical (unpaired) electrons. The van der Waals surface area contributed by atoms with Crippen molar-refractivity contribution in [3.05, 3.63) is 0 Å². The first-order chi connectivity index (χ1) is 9.56. The number of hydrogen-bond acceptors (Lipinski definition) is 2. The third-order valence-corrected chi connectivity index (χ3v) is 6.18. The highest BCUT2D eigenvalue weighted by atomic mass is 16.4. The minimum absolute atomic E-state index is 0.386. The highest BCUT2D eigenvalue weighted by molar-refractivity contribution is 5.67. The molecule has 3 rings (SSSR count). The van der Waals surface area contributed by atoms with Gasteiger partial charge in [-0.05, 0) is 56.3 Å². The number of carboxylic acids is 1. The summed E-state index contributed by atoms with van der Waals surface area (Å²) in [6.45, 7) is 4.87. The molecule has 3 aliphatic rings. The smallest absolute Gasteiger partial charge is 0.303 e. The lowest BCUT2D eigenvalue weighted by Crippen LogP contribution is -2.54. The van der Waals surface area contributed by atoms with Gasteiger partial charge < -0.3 is 5.11 Å². The van der Waals surface area contributed by atoms with Gasteiger partial charge in [-0.3, -0.25) is 9.69 Å². The summed E-state index contributed by atoms with van der Waals surface area (Å²) < 4.78 is 0. The van der Waals surface area contributed by atoms with E-state index in [-0.39, 0.29) is 0 Å². The normalized spacial score (nSPS) is 45.5. The number of piperidine rings is 1.